The molecule has 0 aromatic carbocycles. The maximum absolute atomic E-state index is 11.5. The summed E-state index contributed by atoms with van der Waals surface area (Å²) in [6, 6.07) is 0. The summed E-state index contributed by atoms with van der Waals surface area (Å²) in [6.07, 6.45) is 2.57. The van der Waals surface area contributed by atoms with E-state index in [-0.39, 0.29) is 24.1 Å². The lowest BCUT2D eigenvalue weighted by Crippen LogP contribution is -2.28. The first-order valence-electron chi connectivity index (χ1n) is 5.13. The van der Waals surface area contributed by atoms with Gasteiger partial charge in [0.2, 0.25) is 11.1 Å². The number of halogens is 2. The molecule has 7 heteroatoms. The van der Waals surface area contributed by atoms with Crippen molar-refractivity contribution in [3.8, 4) is 0 Å². The van der Waals surface area contributed by atoms with E-state index < -0.39 is 0 Å². The lowest BCUT2D eigenvalue weighted by molar-refractivity contribution is -0.122. The van der Waals surface area contributed by atoms with Crippen molar-refractivity contribution in [3.63, 3.8) is 0 Å². The number of amides is 1. The van der Waals surface area contributed by atoms with E-state index in [4.69, 9.17) is 11.6 Å². The van der Waals surface area contributed by atoms with E-state index in [1.807, 2.05) is 6.92 Å². The quantitative estimate of drug-likeness (QED) is 0.639. The third-order valence-electron chi connectivity index (χ3n) is 2.06. The topological polar surface area (TPSA) is 64.0 Å². The number of carbonyl (C=O) groups is 2. The summed E-state index contributed by atoms with van der Waals surface area (Å²) in [4.78, 5) is 21.9. The molecule has 17 heavy (non-hydrogen) atoms. The average Bonchev–Trinajstić information content (AvgIpc) is 2.52. The van der Waals surface area contributed by atoms with Gasteiger partial charge in [0.05, 0.1) is 10.2 Å². The van der Waals surface area contributed by atoms with Crippen molar-refractivity contribution in [2.24, 2.45) is 0 Å². The fourth-order valence-electron chi connectivity index (χ4n) is 1.23. The van der Waals surface area contributed by atoms with Crippen LogP contribution in [-0.2, 0) is 16.1 Å². The first-order valence-corrected chi connectivity index (χ1v) is 6.30. The predicted molar refractivity (Wildman–Crippen MR) is 67.8 cm³/mol. The first kappa shape index (κ1) is 14.2. The van der Waals surface area contributed by atoms with Crippen molar-refractivity contribution in [2.75, 3.05) is 6.54 Å². The Morgan fingerprint density at radius 1 is 1.59 bits per heavy atom. The van der Waals surface area contributed by atoms with Crippen LogP contribution >= 0.6 is 27.5 Å². The molecule has 0 saturated carbocycles. The maximum Gasteiger partial charge on any atom is 0.241 e. The van der Waals surface area contributed by atoms with Gasteiger partial charge in [-0.05, 0) is 40.9 Å². The molecule has 1 aromatic heterocycles. The zero-order chi connectivity index (χ0) is 12.8. The molecular weight excluding hydrogens is 309 g/mol. The van der Waals surface area contributed by atoms with Crippen LogP contribution in [0.15, 0.2) is 10.7 Å². The molecule has 0 spiro atoms. The number of rotatable bonds is 6. The highest BCUT2D eigenvalue weighted by molar-refractivity contribution is 9.10. The fraction of sp³-hybridized carbons (Fsp3) is 0.500. The zero-order valence-electron chi connectivity index (χ0n) is 9.37. The van der Waals surface area contributed by atoms with Gasteiger partial charge in [0, 0.05) is 19.2 Å². The largest absolute Gasteiger partial charge is 0.354 e. The molecule has 0 aliphatic carbocycles. The van der Waals surface area contributed by atoms with Gasteiger partial charge in [0.1, 0.15) is 6.54 Å². The molecule has 0 aliphatic heterocycles. The Hall–Kier alpha value is -0.880. The molecule has 0 bridgehead atoms. The number of aryl methyl sites for hydroxylation is 1. The smallest absolute Gasteiger partial charge is 0.241 e. The van der Waals surface area contributed by atoms with Crippen molar-refractivity contribution in [3.05, 3.63) is 16.4 Å². The van der Waals surface area contributed by atoms with Gasteiger partial charge in [-0.15, -0.1) is 0 Å². The van der Waals surface area contributed by atoms with E-state index in [1.165, 1.54) is 0 Å². The molecule has 94 valence electrons. The van der Waals surface area contributed by atoms with Gasteiger partial charge < -0.3 is 5.32 Å². The Bertz CT molecular complexity index is 400. The molecule has 1 rings (SSSR count). The van der Waals surface area contributed by atoms with Crippen LogP contribution < -0.4 is 5.32 Å². The van der Waals surface area contributed by atoms with Crippen LogP contribution in [-0.4, -0.2) is 27.5 Å². The normalized spacial score (nSPS) is 10.3. The average molecular weight is 323 g/mol. The molecule has 0 unspecified atom stereocenters. The van der Waals surface area contributed by atoms with E-state index in [9.17, 15) is 9.59 Å². The summed E-state index contributed by atoms with van der Waals surface area (Å²) in [5, 5.41) is 6.45. The Kier molecular flexibility index (Phi) is 5.64. The standard InChI is InChI=1S/C10H13BrClN3O2/c1-7-8(11)5-15(14-7)6-10(17)13-4-2-3-9(12)16/h5H,2-4,6H2,1H3,(H,13,17). The van der Waals surface area contributed by atoms with Gasteiger partial charge in [-0.1, -0.05) is 0 Å². The highest BCUT2D eigenvalue weighted by Gasteiger charge is 2.06. The van der Waals surface area contributed by atoms with Crippen LogP contribution in [0.25, 0.3) is 0 Å². The summed E-state index contributed by atoms with van der Waals surface area (Å²) < 4.78 is 2.43. The predicted octanol–water partition coefficient (Wildman–Crippen LogP) is 1.62. The van der Waals surface area contributed by atoms with Crippen LogP contribution in [0.5, 0.6) is 0 Å². The minimum absolute atomic E-state index is 0.137. The number of carbonyl (C=O) groups excluding carboxylic acids is 2. The van der Waals surface area contributed by atoms with Crippen molar-refractivity contribution < 1.29 is 9.59 Å². The molecule has 0 fully saturated rings. The number of hydrogen-bond acceptors (Lipinski definition) is 3. The number of hydrogen-bond donors (Lipinski definition) is 1. The minimum Gasteiger partial charge on any atom is -0.354 e. The molecule has 1 aromatic rings. The Morgan fingerprint density at radius 2 is 2.29 bits per heavy atom. The monoisotopic (exact) mass is 321 g/mol. The number of nitrogens with one attached hydrogen (secondary N) is 1. The van der Waals surface area contributed by atoms with E-state index >= 15 is 0 Å². The van der Waals surface area contributed by atoms with Crippen molar-refractivity contribution >= 4 is 38.7 Å². The Morgan fingerprint density at radius 3 is 2.82 bits per heavy atom. The molecule has 0 aliphatic rings. The highest BCUT2D eigenvalue weighted by atomic mass is 79.9. The van der Waals surface area contributed by atoms with Crippen molar-refractivity contribution in [1.82, 2.24) is 15.1 Å². The van der Waals surface area contributed by atoms with Gasteiger partial charge in [0.15, 0.2) is 0 Å². The molecule has 5 nitrogen and oxygen atoms in total. The van der Waals surface area contributed by atoms with E-state index in [0.29, 0.717) is 13.0 Å². The lowest BCUT2D eigenvalue weighted by atomic mass is 10.3. The maximum atomic E-state index is 11.5. The summed E-state index contributed by atoms with van der Waals surface area (Å²) in [5.74, 6) is -0.137. The summed E-state index contributed by atoms with van der Waals surface area (Å²) >= 11 is 8.49. The Balaban J connectivity index is 2.27. The van der Waals surface area contributed by atoms with Crippen LogP contribution in [0.1, 0.15) is 18.5 Å². The second kappa shape index (κ2) is 6.76. The molecule has 0 atom stereocenters. The lowest BCUT2D eigenvalue weighted by Gasteiger charge is -2.03. The van der Waals surface area contributed by atoms with Crippen LogP contribution in [0, 0.1) is 6.92 Å². The molecule has 0 saturated heterocycles. The zero-order valence-corrected chi connectivity index (χ0v) is 11.7. The molecule has 1 N–H and O–H groups in total. The SMILES string of the molecule is Cc1nn(CC(=O)NCCCC(=O)Cl)cc1Br. The molecule has 1 amide bonds. The van der Waals surface area contributed by atoms with Gasteiger partial charge in [-0.3, -0.25) is 14.3 Å². The van der Waals surface area contributed by atoms with Gasteiger partial charge >= 0.3 is 0 Å². The summed E-state index contributed by atoms with van der Waals surface area (Å²) in [7, 11) is 0. The molecular formula is C10H13BrClN3O2. The van der Waals surface area contributed by atoms with Gasteiger partial charge in [-0.2, -0.15) is 5.10 Å². The minimum atomic E-state index is -0.383. The Labute approximate surface area is 113 Å². The van der Waals surface area contributed by atoms with Crippen molar-refractivity contribution in [2.45, 2.75) is 26.3 Å². The van der Waals surface area contributed by atoms with Gasteiger partial charge in [-0.25, -0.2) is 0 Å². The molecule has 1 heterocycles. The van der Waals surface area contributed by atoms with E-state index in [2.05, 4.69) is 26.3 Å². The number of aromatic nitrogens is 2. The second-order valence-corrected chi connectivity index (χ2v) is 4.84. The summed E-state index contributed by atoms with van der Waals surface area (Å²) in [5.41, 5.74) is 0.838. The molecule has 0 radical (unpaired) electrons. The fourth-order valence-corrected chi connectivity index (χ4v) is 1.68. The van der Waals surface area contributed by atoms with E-state index in [1.54, 1.807) is 10.9 Å². The first-order chi connectivity index (χ1) is 7.99. The number of nitrogens with zero attached hydrogens (tertiary/aromatic N) is 2. The third kappa shape index (κ3) is 5.32. The van der Waals surface area contributed by atoms with Gasteiger partial charge in [0.25, 0.3) is 0 Å². The highest BCUT2D eigenvalue weighted by Crippen LogP contribution is 2.12. The van der Waals surface area contributed by atoms with Crippen LogP contribution in [0.2, 0.25) is 0 Å². The van der Waals surface area contributed by atoms with Crippen molar-refractivity contribution in [1.29, 1.82) is 0 Å². The van der Waals surface area contributed by atoms with Crippen LogP contribution in [0.4, 0.5) is 0 Å². The van der Waals surface area contributed by atoms with Crippen LogP contribution in [0.3, 0.4) is 0 Å². The summed E-state index contributed by atoms with van der Waals surface area (Å²) in [6.45, 7) is 2.46. The second-order valence-electron chi connectivity index (χ2n) is 3.57. The van der Waals surface area contributed by atoms with E-state index in [0.717, 1.165) is 10.2 Å². The third-order valence-corrected chi connectivity index (χ3v) is 3.03.